The fourth-order valence-electron chi connectivity index (χ4n) is 1.35. The van der Waals surface area contributed by atoms with Crippen molar-refractivity contribution in [1.29, 1.82) is 0 Å². The highest BCUT2D eigenvalue weighted by Gasteiger charge is 2.36. The Kier molecular flexibility index (Phi) is 3.98. The molecular formula is C11H7F3N2O4S. The summed E-state index contributed by atoms with van der Waals surface area (Å²) in [5, 5.41) is 8.59. The normalized spacial score (nSPS) is 11.2. The van der Waals surface area contributed by atoms with Crippen LogP contribution < -0.4 is 9.47 Å². The Labute approximate surface area is 119 Å². The number of hydrogen-bond donors (Lipinski definition) is 1. The van der Waals surface area contributed by atoms with E-state index in [-0.39, 0.29) is 17.1 Å². The van der Waals surface area contributed by atoms with Gasteiger partial charge in [0.2, 0.25) is 0 Å². The number of aromatic carboxylic acids is 1. The molecule has 0 saturated carbocycles. The van der Waals surface area contributed by atoms with E-state index in [1.165, 1.54) is 25.3 Å². The summed E-state index contributed by atoms with van der Waals surface area (Å²) in [5.41, 5.74) is -0.237. The van der Waals surface area contributed by atoms with Gasteiger partial charge in [0.25, 0.3) is 11.0 Å². The number of carbonyl (C=O) groups is 1. The summed E-state index contributed by atoms with van der Waals surface area (Å²) < 4.78 is 50.2. The highest BCUT2D eigenvalue weighted by Crippen LogP contribution is 2.34. The van der Waals surface area contributed by atoms with Crippen LogP contribution in [0.4, 0.5) is 13.2 Å². The lowest BCUT2D eigenvalue weighted by atomic mass is 10.2. The summed E-state index contributed by atoms with van der Waals surface area (Å²) in [7, 11) is 1.35. The highest BCUT2D eigenvalue weighted by molar-refractivity contribution is 7.07. The molecule has 6 nitrogen and oxygen atoms in total. The summed E-state index contributed by atoms with van der Waals surface area (Å²) in [6, 6.07) is 3.83. The lowest BCUT2D eigenvalue weighted by molar-refractivity contribution is -0.144. The summed E-state index contributed by atoms with van der Waals surface area (Å²) in [6.07, 6.45) is -4.69. The van der Waals surface area contributed by atoms with Crippen LogP contribution in [0.25, 0.3) is 0 Å². The number of carboxylic acid groups (broad SMARTS) is 1. The minimum absolute atomic E-state index is 0.188. The van der Waals surface area contributed by atoms with Crippen molar-refractivity contribution in [3.05, 3.63) is 29.6 Å². The maximum Gasteiger partial charge on any atom is 0.452 e. The van der Waals surface area contributed by atoms with Crippen molar-refractivity contribution >= 4 is 17.5 Å². The number of ether oxygens (including phenoxy) is 2. The molecule has 2 aromatic rings. The Balaban J connectivity index is 2.34. The first kappa shape index (κ1) is 15.0. The lowest BCUT2D eigenvalue weighted by Crippen LogP contribution is -2.07. The summed E-state index contributed by atoms with van der Waals surface area (Å²) in [5.74, 6) is -2.54. The molecule has 0 spiro atoms. The van der Waals surface area contributed by atoms with Gasteiger partial charge in [0.05, 0.1) is 7.11 Å². The molecule has 0 fully saturated rings. The topological polar surface area (TPSA) is 81.5 Å². The third-order valence-corrected chi connectivity index (χ3v) is 2.87. The Morgan fingerprint density at radius 1 is 1.38 bits per heavy atom. The van der Waals surface area contributed by atoms with E-state index in [9.17, 15) is 18.0 Å². The van der Waals surface area contributed by atoms with Gasteiger partial charge in [-0.1, -0.05) is 0 Å². The summed E-state index contributed by atoms with van der Waals surface area (Å²) >= 11 is 0.368. The zero-order chi connectivity index (χ0) is 15.6. The second-order valence-electron chi connectivity index (χ2n) is 3.65. The summed E-state index contributed by atoms with van der Waals surface area (Å²) in [4.78, 5) is 14.2. The molecule has 21 heavy (non-hydrogen) atoms. The van der Waals surface area contributed by atoms with Crippen molar-refractivity contribution in [1.82, 2.24) is 9.36 Å². The zero-order valence-corrected chi connectivity index (χ0v) is 11.2. The van der Waals surface area contributed by atoms with Crippen molar-refractivity contribution in [2.24, 2.45) is 0 Å². The van der Waals surface area contributed by atoms with Gasteiger partial charge in [0, 0.05) is 17.6 Å². The van der Waals surface area contributed by atoms with Crippen LogP contribution in [0.5, 0.6) is 16.7 Å². The van der Waals surface area contributed by atoms with Gasteiger partial charge in [0.1, 0.15) is 17.1 Å². The van der Waals surface area contributed by atoms with Crippen LogP contribution in [0.2, 0.25) is 0 Å². The first-order valence-electron chi connectivity index (χ1n) is 5.31. The Morgan fingerprint density at radius 3 is 2.62 bits per heavy atom. The van der Waals surface area contributed by atoms with Gasteiger partial charge < -0.3 is 14.6 Å². The monoisotopic (exact) mass is 320 g/mol. The van der Waals surface area contributed by atoms with E-state index in [1.807, 2.05) is 0 Å². The van der Waals surface area contributed by atoms with Crippen molar-refractivity contribution in [2.75, 3.05) is 7.11 Å². The van der Waals surface area contributed by atoms with Gasteiger partial charge in [0.15, 0.2) is 0 Å². The van der Waals surface area contributed by atoms with Crippen molar-refractivity contribution in [3.63, 3.8) is 0 Å². The third-order valence-electron chi connectivity index (χ3n) is 2.28. The smallest absolute Gasteiger partial charge is 0.452 e. The van der Waals surface area contributed by atoms with Crippen LogP contribution in [0, 0.1) is 0 Å². The van der Waals surface area contributed by atoms with Crippen LogP contribution in [0.15, 0.2) is 18.2 Å². The van der Waals surface area contributed by atoms with Crippen LogP contribution in [-0.4, -0.2) is 27.5 Å². The van der Waals surface area contributed by atoms with Gasteiger partial charge in [-0.3, -0.25) is 0 Å². The second-order valence-corrected chi connectivity index (χ2v) is 4.37. The molecule has 2 rings (SSSR count). The molecule has 1 aromatic carbocycles. The average molecular weight is 320 g/mol. The van der Waals surface area contributed by atoms with Crippen LogP contribution in [0.1, 0.15) is 16.2 Å². The zero-order valence-electron chi connectivity index (χ0n) is 10.3. The number of carboxylic acids is 1. The van der Waals surface area contributed by atoms with Gasteiger partial charge in [-0.2, -0.15) is 22.5 Å². The molecule has 0 aliphatic heterocycles. The SMILES string of the molecule is COc1ccc(C(=O)O)c(Oc2nc(C(F)(F)F)ns2)c1. The predicted molar refractivity (Wildman–Crippen MR) is 64.9 cm³/mol. The van der Waals surface area contributed by atoms with E-state index in [0.29, 0.717) is 11.5 Å². The molecule has 0 saturated heterocycles. The maximum absolute atomic E-state index is 12.4. The Bertz CT molecular complexity index is 672. The quantitative estimate of drug-likeness (QED) is 0.932. The molecule has 10 heteroatoms. The van der Waals surface area contributed by atoms with Crippen molar-refractivity contribution in [2.45, 2.75) is 6.18 Å². The molecule has 0 atom stereocenters. The molecule has 0 bridgehead atoms. The minimum Gasteiger partial charge on any atom is -0.497 e. The van der Waals surface area contributed by atoms with Gasteiger partial charge in [-0.25, -0.2) is 4.79 Å². The number of hydrogen-bond acceptors (Lipinski definition) is 6. The predicted octanol–water partition coefficient (Wildman–Crippen LogP) is 3.06. The van der Waals surface area contributed by atoms with E-state index in [2.05, 4.69) is 9.36 Å². The number of aromatic nitrogens is 2. The van der Waals surface area contributed by atoms with Crippen LogP contribution in [-0.2, 0) is 6.18 Å². The van der Waals surface area contributed by atoms with E-state index in [4.69, 9.17) is 14.6 Å². The molecule has 0 unspecified atom stereocenters. The lowest BCUT2D eigenvalue weighted by Gasteiger charge is -2.07. The molecule has 112 valence electrons. The number of methoxy groups -OCH3 is 1. The minimum atomic E-state index is -4.69. The molecule has 0 radical (unpaired) electrons. The Morgan fingerprint density at radius 2 is 2.10 bits per heavy atom. The number of halogens is 3. The van der Waals surface area contributed by atoms with Crippen LogP contribution >= 0.6 is 11.5 Å². The molecule has 1 heterocycles. The number of alkyl halides is 3. The molecule has 1 aromatic heterocycles. The van der Waals surface area contributed by atoms with E-state index < -0.39 is 23.2 Å². The second kappa shape index (κ2) is 5.56. The van der Waals surface area contributed by atoms with E-state index in [0.717, 1.165) is 0 Å². The highest BCUT2D eigenvalue weighted by atomic mass is 32.1. The largest absolute Gasteiger partial charge is 0.497 e. The number of nitrogens with zero attached hydrogens (tertiary/aromatic N) is 2. The van der Waals surface area contributed by atoms with Crippen molar-refractivity contribution < 1.29 is 32.5 Å². The molecular weight excluding hydrogens is 313 g/mol. The van der Waals surface area contributed by atoms with Crippen molar-refractivity contribution in [3.8, 4) is 16.7 Å². The fraction of sp³-hybridized carbons (Fsp3) is 0.182. The molecule has 0 aliphatic rings. The van der Waals surface area contributed by atoms with E-state index >= 15 is 0 Å². The number of benzene rings is 1. The first-order chi connectivity index (χ1) is 9.81. The molecule has 1 N–H and O–H groups in total. The standard InChI is InChI=1S/C11H7F3N2O4S/c1-19-5-2-3-6(8(17)18)7(4-5)20-10-15-9(16-21-10)11(12,13)14/h2-4H,1H3,(H,17,18). The number of rotatable bonds is 4. The summed E-state index contributed by atoms with van der Waals surface area (Å²) in [6.45, 7) is 0. The van der Waals surface area contributed by atoms with Crippen LogP contribution in [0.3, 0.4) is 0 Å². The van der Waals surface area contributed by atoms with Gasteiger partial charge >= 0.3 is 12.1 Å². The van der Waals surface area contributed by atoms with E-state index in [1.54, 1.807) is 0 Å². The molecule has 0 aliphatic carbocycles. The fourth-order valence-corrected chi connectivity index (χ4v) is 1.91. The Hall–Kier alpha value is -2.36. The first-order valence-corrected chi connectivity index (χ1v) is 6.08. The maximum atomic E-state index is 12.4. The molecule has 0 amide bonds. The third kappa shape index (κ3) is 3.40. The van der Waals surface area contributed by atoms with Gasteiger partial charge in [-0.05, 0) is 12.1 Å². The van der Waals surface area contributed by atoms with Gasteiger partial charge in [-0.15, -0.1) is 0 Å². The average Bonchev–Trinajstić information content (AvgIpc) is 2.86.